The highest BCUT2D eigenvalue weighted by Crippen LogP contribution is 2.40. The SMILES string of the molecule is Cc1ccc2c(c1)c1cc(C)ccc1n2-c1cccc(-c2ccc(N(c3ccc(-c4ccccc4)cc3)c3ccc(-c4ccccc4-c4ccccc4)cc3)cc2)c1. The maximum Gasteiger partial charge on any atom is 0.0541 e. The number of benzene rings is 9. The second-order valence-electron chi connectivity index (χ2n) is 15.2. The summed E-state index contributed by atoms with van der Waals surface area (Å²) in [6, 6.07) is 79.3. The third kappa shape index (κ3) is 6.55. The minimum Gasteiger partial charge on any atom is -0.311 e. The van der Waals surface area contributed by atoms with Gasteiger partial charge in [0.25, 0.3) is 0 Å². The van der Waals surface area contributed by atoms with Crippen molar-refractivity contribution in [1.82, 2.24) is 4.57 Å². The molecule has 0 radical (unpaired) electrons. The van der Waals surface area contributed by atoms with Gasteiger partial charge in [-0.3, -0.25) is 0 Å². The lowest BCUT2D eigenvalue weighted by atomic mass is 9.94. The first-order chi connectivity index (χ1) is 28.6. The predicted molar refractivity (Wildman–Crippen MR) is 247 cm³/mol. The van der Waals surface area contributed by atoms with E-state index in [2.05, 4.69) is 242 Å². The van der Waals surface area contributed by atoms with Crippen LogP contribution in [0.2, 0.25) is 0 Å². The number of aromatic nitrogens is 1. The van der Waals surface area contributed by atoms with Gasteiger partial charge in [0.15, 0.2) is 0 Å². The van der Waals surface area contributed by atoms with Crippen LogP contribution in [0.1, 0.15) is 11.1 Å². The Morgan fingerprint density at radius 3 is 1.22 bits per heavy atom. The first kappa shape index (κ1) is 35.0. The largest absolute Gasteiger partial charge is 0.311 e. The molecule has 0 aliphatic heterocycles. The molecule has 0 saturated heterocycles. The fraction of sp³-hybridized carbons (Fsp3) is 0.0357. The highest BCUT2D eigenvalue weighted by molar-refractivity contribution is 6.09. The molecule has 276 valence electrons. The second-order valence-corrected chi connectivity index (χ2v) is 15.2. The van der Waals surface area contributed by atoms with Crippen molar-refractivity contribution >= 4 is 38.9 Å². The fourth-order valence-corrected chi connectivity index (χ4v) is 8.43. The molecule has 0 bridgehead atoms. The number of rotatable bonds is 8. The topological polar surface area (TPSA) is 8.17 Å². The van der Waals surface area contributed by atoms with Crippen LogP contribution in [0.15, 0.2) is 218 Å². The summed E-state index contributed by atoms with van der Waals surface area (Å²) >= 11 is 0. The van der Waals surface area contributed by atoms with E-state index in [1.165, 1.54) is 77.4 Å². The van der Waals surface area contributed by atoms with Gasteiger partial charge < -0.3 is 9.47 Å². The van der Waals surface area contributed by atoms with Crippen molar-refractivity contribution in [3.8, 4) is 50.2 Å². The standard InChI is InChI=1S/C56H42N2/c1-39-20-34-55-53(36-39)54-37-40(2)21-35-56(54)58(55)50-17-11-16-46(38-50)43-24-30-48(31-25-43)57(47-28-22-42(23-29-47)41-12-5-3-6-13-41)49-32-26-45(27-33-49)52-19-10-9-18-51(52)44-14-7-4-8-15-44/h3-38H,1-2H3. The molecule has 0 N–H and O–H groups in total. The molecule has 0 fully saturated rings. The summed E-state index contributed by atoms with van der Waals surface area (Å²) in [6.45, 7) is 4.34. The first-order valence-electron chi connectivity index (χ1n) is 20.0. The Labute approximate surface area is 340 Å². The second kappa shape index (κ2) is 14.9. The molecule has 10 aromatic rings. The first-order valence-corrected chi connectivity index (χ1v) is 20.0. The Bertz CT molecular complexity index is 2970. The van der Waals surface area contributed by atoms with Gasteiger partial charge in [-0.15, -0.1) is 0 Å². The fourth-order valence-electron chi connectivity index (χ4n) is 8.43. The van der Waals surface area contributed by atoms with E-state index in [0.29, 0.717) is 0 Å². The summed E-state index contributed by atoms with van der Waals surface area (Å²) in [6.07, 6.45) is 0. The Hall–Kier alpha value is -7.42. The van der Waals surface area contributed by atoms with Crippen LogP contribution in [-0.2, 0) is 0 Å². The van der Waals surface area contributed by atoms with Crippen molar-refractivity contribution in [1.29, 1.82) is 0 Å². The third-order valence-corrected chi connectivity index (χ3v) is 11.3. The van der Waals surface area contributed by atoms with Crippen LogP contribution in [0.25, 0.3) is 72.0 Å². The Kier molecular flexibility index (Phi) is 9.01. The zero-order valence-corrected chi connectivity index (χ0v) is 32.7. The molecule has 10 rings (SSSR count). The molecule has 0 amide bonds. The minimum absolute atomic E-state index is 1.10. The molecule has 1 heterocycles. The van der Waals surface area contributed by atoms with E-state index in [-0.39, 0.29) is 0 Å². The van der Waals surface area contributed by atoms with Gasteiger partial charge in [-0.05, 0) is 131 Å². The summed E-state index contributed by atoms with van der Waals surface area (Å²) in [5.74, 6) is 0. The summed E-state index contributed by atoms with van der Waals surface area (Å²) in [5.41, 5.74) is 19.0. The van der Waals surface area contributed by atoms with E-state index in [1.807, 2.05) is 0 Å². The van der Waals surface area contributed by atoms with Gasteiger partial charge in [0.2, 0.25) is 0 Å². The lowest BCUT2D eigenvalue weighted by Crippen LogP contribution is -2.09. The smallest absolute Gasteiger partial charge is 0.0541 e. The van der Waals surface area contributed by atoms with Gasteiger partial charge in [0.05, 0.1) is 11.0 Å². The number of nitrogens with zero attached hydrogens (tertiary/aromatic N) is 2. The average molecular weight is 743 g/mol. The number of fused-ring (bicyclic) bond motifs is 3. The van der Waals surface area contributed by atoms with Crippen LogP contribution >= 0.6 is 0 Å². The monoisotopic (exact) mass is 742 g/mol. The summed E-state index contributed by atoms with van der Waals surface area (Å²) in [5, 5.41) is 2.58. The van der Waals surface area contributed by atoms with Crippen molar-refractivity contribution in [3.05, 3.63) is 230 Å². The third-order valence-electron chi connectivity index (χ3n) is 11.3. The molecule has 9 aromatic carbocycles. The Morgan fingerprint density at radius 2 is 0.707 bits per heavy atom. The Morgan fingerprint density at radius 1 is 0.310 bits per heavy atom. The highest BCUT2D eigenvalue weighted by atomic mass is 15.1. The molecule has 58 heavy (non-hydrogen) atoms. The molecule has 1 aromatic heterocycles. The number of hydrogen-bond acceptors (Lipinski definition) is 1. The van der Waals surface area contributed by atoms with E-state index < -0.39 is 0 Å². The van der Waals surface area contributed by atoms with E-state index >= 15 is 0 Å². The number of hydrogen-bond donors (Lipinski definition) is 0. The molecule has 0 unspecified atom stereocenters. The summed E-state index contributed by atoms with van der Waals surface area (Å²) < 4.78 is 2.41. The minimum atomic E-state index is 1.10. The zero-order valence-electron chi connectivity index (χ0n) is 32.7. The molecular weight excluding hydrogens is 701 g/mol. The zero-order chi connectivity index (χ0) is 39.0. The van der Waals surface area contributed by atoms with E-state index in [4.69, 9.17) is 0 Å². The predicted octanol–water partition coefficient (Wildman–Crippen LogP) is 15.5. The number of aryl methyl sites for hydroxylation is 2. The summed E-state index contributed by atoms with van der Waals surface area (Å²) in [4.78, 5) is 2.35. The highest BCUT2D eigenvalue weighted by Gasteiger charge is 2.16. The van der Waals surface area contributed by atoms with Crippen LogP contribution in [0.4, 0.5) is 17.1 Å². The lowest BCUT2D eigenvalue weighted by Gasteiger charge is -2.26. The van der Waals surface area contributed by atoms with Gasteiger partial charge >= 0.3 is 0 Å². The maximum absolute atomic E-state index is 2.41. The molecule has 2 nitrogen and oxygen atoms in total. The molecule has 0 saturated carbocycles. The van der Waals surface area contributed by atoms with Crippen LogP contribution in [0.5, 0.6) is 0 Å². The van der Waals surface area contributed by atoms with Gasteiger partial charge in [-0.1, -0.05) is 157 Å². The summed E-state index contributed by atoms with van der Waals surface area (Å²) in [7, 11) is 0. The molecule has 0 aliphatic rings. The van der Waals surface area contributed by atoms with E-state index in [1.54, 1.807) is 0 Å². The van der Waals surface area contributed by atoms with Crippen LogP contribution in [-0.4, -0.2) is 4.57 Å². The maximum atomic E-state index is 2.41. The van der Waals surface area contributed by atoms with Crippen molar-refractivity contribution in [2.75, 3.05) is 4.90 Å². The molecule has 2 heteroatoms. The lowest BCUT2D eigenvalue weighted by molar-refractivity contribution is 1.18. The quantitative estimate of drug-likeness (QED) is 0.150. The normalized spacial score (nSPS) is 11.3. The molecule has 0 spiro atoms. The van der Waals surface area contributed by atoms with Crippen LogP contribution in [0, 0.1) is 13.8 Å². The van der Waals surface area contributed by atoms with Gasteiger partial charge in [-0.2, -0.15) is 0 Å². The van der Waals surface area contributed by atoms with Crippen molar-refractivity contribution in [3.63, 3.8) is 0 Å². The molecule has 0 aliphatic carbocycles. The van der Waals surface area contributed by atoms with Crippen molar-refractivity contribution < 1.29 is 0 Å². The van der Waals surface area contributed by atoms with Gasteiger partial charge in [0, 0.05) is 33.5 Å². The van der Waals surface area contributed by atoms with Gasteiger partial charge in [0.1, 0.15) is 0 Å². The van der Waals surface area contributed by atoms with Crippen LogP contribution < -0.4 is 4.90 Å². The molecule has 0 atom stereocenters. The van der Waals surface area contributed by atoms with Crippen molar-refractivity contribution in [2.45, 2.75) is 13.8 Å². The van der Waals surface area contributed by atoms with E-state index in [0.717, 1.165) is 22.7 Å². The van der Waals surface area contributed by atoms with Gasteiger partial charge in [-0.25, -0.2) is 0 Å². The van der Waals surface area contributed by atoms with Crippen LogP contribution in [0.3, 0.4) is 0 Å². The number of anilines is 3. The molecular formula is C56H42N2. The average Bonchev–Trinajstić information content (AvgIpc) is 3.60. The van der Waals surface area contributed by atoms with E-state index in [9.17, 15) is 0 Å². The van der Waals surface area contributed by atoms with Crippen molar-refractivity contribution in [2.24, 2.45) is 0 Å². The Balaban J connectivity index is 1.03.